The van der Waals surface area contributed by atoms with Crippen LogP contribution in [0.4, 0.5) is 10.5 Å². The predicted molar refractivity (Wildman–Crippen MR) is 121 cm³/mol. The molecule has 0 spiro atoms. The van der Waals surface area contributed by atoms with Gasteiger partial charge < -0.3 is 19.7 Å². The minimum atomic E-state index is -0.565. The van der Waals surface area contributed by atoms with Crippen molar-refractivity contribution < 1.29 is 14.3 Å². The number of nitrogens with one attached hydrogen (secondary N) is 1. The fraction of sp³-hybridized carbons (Fsp3) is 0.440. The summed E-state index contributed by atoms with van der Waals surface area (Å²) in [5.41, 5.74) is 3.01. The molecular formula is C25H31N3O3. The largest absolute Gasteiger partial charge is 0.490 e. The lowest BCUT2D eigenvalue weighted by atomic mass is 9.83. The number of alkyl carbamates (subject to hydrolysis) is 1. The van der Waals surface area contributed by atoms with Gasteiger partial charge in [0.05, 0.1) is 23.7 Å². The van der Waals surface area contributed by atoms with E-state index in [-0.39, 0.29) is 0 Å². The zero-order chi connectivity index (χ0) is 22.6. The summed E-state index contributed by atoms with van der Waals surface area (Å²) < 4.78 is 11.2. The van der Waals surface area contributed by atoms with Crippen molar-refractivity contribution in [3.8, 4) is 11.8 Å². The van der Waals surface area contributed by atoms with Crippen LogP contribution in [0.3, 0.4) is 0 Å². The lowest BCUT2D eigenvalue weighted by Crippen LogP contribution is -2.34. The third-order valence-corrected chi connectivity index (χ3v) is 5.15. The molecule has 3 rings (SSSR count). The Labute approximate surface area is 184 Å². The number of ether oxygens (including phenoxy) is 2. The van der Waals surface area contributed by atoms with Crippen LogP contribution in [0.25, 0.3) is 0 Å². The molecule has 0 unspecified atom stereocenters. The molecule has 0 aromatic heterocycles. The topological polar surface area (TPSA) is 74.6 Å². The van der Waals surface area contributed by atoms with Crippen LogP contribution < -0.4 is 15.0 Å². The van der Waals surface area contributed by atoms with Gasteiger partial charge in [-0.3, -0.25) is 0 Å². The standard InChI is InChI=1S/C25H31N3O3/c1-24(2,3)31-23(29)27-15-18-10-11-22-21(14-18)28(12-13-30-22)16-19-8-6-7-9-20(19)25(4,5)17-26/h6-11,14H,12-13,15-16H2,1-5H3,(H,27,29). The highest BCUT2D eigenvalue weighted by atomic mass is 16.6. The average molecular weight is 422 g/mol. The van der Waals surface area contributed by atoms with Gasteiger partial charge >= 0.3 is 6.09 Å². The summed E-state index contributed by atoms with van der Waals surface area (Å²) in [6.07, 6.45) is -0.439. The summed E-state index contributed by atoms with van der Waals surface area (Å²) in [7, 11) is 0. The predicted octanol–water partition coefficient (Wildman–Crippen LogP) is 4.91. The van der Waals surface area contributed by atoms with E-state index in [0.29, 0.717) is 19.7 Å². The van der Waals surface area contributed by atoms with Crippen molar-refractivity contribution in [1.29, 1.82) is 5.26 Å². The minimum absolute atomic E-state index is 0.369. The molecule has 0 saturated carbocycles. The number of amides is 1. The molecule has 31 heavy (non-hydrogen) atoms. The van der Waals surface area contributed by atoms with Crippen LogP contribution in [0.15, 0.2) is 42.5 Å². The van der Waals surface area contributed by atoms with E-state index in [1.165, 1.54) is 0 Å². The molecule has 1 aliphatic rings. The maximum Gasteiger partial charge on any atom is 0.407 e. The van der Waals surface area contributed by atoms with Gasteiger partial charge in [0.25, 0.3) is 0 Å². The normalized spacial score (nSPS) is 13.6. The molecule has 6 heteroatoms. The van der Waals surface area contributed by atoms with Gasteiger partial charge in [0.1, 0.15) is 18.0 Å². The van der Waals surface area contributed by atoms with Gasteiger partial charge in [-0.25, -0.2) is 4.79 Å². The van der Waals surface area contributed by atoms with Crippen LogP contribution in [0, 0.1) is 11.3 Å². The molecule has 1 N–H and O–H groups in total. The molecule has 0 bridgehead atoms. The number of anilines is 1. The fourth-order valence-corrected chi connectivity index (χ4v) is 3.61. The summed E-state index contributed by atoms with van der Waals surface area (Å²) in [6.45, 7) is 11.8. The second kappa shape index (κ2) is 8.89. The van der Waals surface area contributed by atoms with E-state index in [4.69, 9.17) is 9.47 Å². The van der Waals surface area contributed by atoms with E-state index < -0.39 is 17.1 Å². The number of benzene rings is 2. The van der Waals surface area contributed by atoms with Crippen molar-refractivity contribution in [2.75, 3.05) is 18.1 Å². The van der Waals surface area contributed by atoms with E-state index in [2.05, 4.69) is 22.4 Å². The zero-order valence-electron chi connectivity index (χ0n) is 19.0. The van der Waals surface area contributed by atoms with Gasteiger partial charge in [0, 0.05) is 13.1 Å². The molecule has 6 nitrogen and oxygen atoms in total. The van der Waals surface area contributed by atoms with Crippen LogP contribution in [0.1, 0.15) is 51.3 Å². The molecule has 164 valence electrons. The highest BCUT2D eigenvalue weighted by molar-refractivity contribution is 5.68. The van der Waals surface area contributed by atoms with E-state index in [9.17, 15) is 10.1 Å². The minimum Gasteiger partial charge on any atom is -0.490 e. The molecule has 0 saturated heterocycles. The Morgan fingerprint density at radius 2 is 1.94 bits per heavy atom. The molecule has 1 aliphatic heterocycles. The molecule has 1 heterocycles. The van der Waals surface area contributed by atoms with Crippen LogP contribution >= 0.6 is 0 Å². The van der Waals surface area contributed by atoms with Crippen LogP contribution in [-0.4, -0.2) is 24.8 Å². The van der Waals surface area contributed by atoms with E-state index >= 15 is 0 Å². The number of hydrogen-bond donors (Lipinski definition) is 1. The molecule has 0 atom stereocenters. The number of rotatable bonds is 5. The molecule has 1 amide bonds. The van der Waals surface area contributed by atoms with Crippen LogP contribution in [-0.2, 0) is 23.2 Å². The fourth-order valence-electron chi connectivity index (χ4n) is 3.61. The van der Waals surface area contributed by atoms with Crippen molar-refractivity contribution >= 4 is 11.8 Å². The Morgan fingerprint density at radius 3 is 2.65 bits per heavy atom. The summed E-state index contributed by atoms with van der Waals surface area (Å²) in [4.78, 5) is 14.3. The first-order valence-corrected chi connectivity index (χ1v) is 10.6. The highest BCUT2D eigenvalue weighted by Gasteiger charge is 2.25. The van der Waals surface area contributed by atoms with Crippen molar-refractivity contribution in [3.05, 3.63) is 59.2 Å². The molecule has 2 aromatic rings. The molecule has 2 aromatic carbocycles. The number of nitriles is 1. The first-order valence-electron chi connectivity index (χ1n) is 10.6. The maximum atomic E-state index is 12.0. The van der Waals surface area contributed by atoms with Crippen molar-refractivity contribution in [2.45, 2.75) is 58.7 Å². The lowest BCUT2D eigenvalue weighted by molar-refractivity contribution is 0.0523. The molecule has 0 fully saturated rings. The maximum absolute atomic E-state index is 12.0. The Morgan fingerprint density at radius 1 is 1.19 bits per heavy atom. The smallest absolute Gasteiger partial charge is 0.407 e. The van der Waals surface area contributed by atoms with Gasteiger partial charge in [-0.05, 0) is 63.4 Å². The average Bonchev–Trinajstić information content (AvgIpc) is 2.71. The zero-order valence-corrected chi connectivity index (χ0v) is 19.0. The molecule has 0 radical (unpaired) electrons. The second-order valence-corrected chi connectivity index (χ2v) is 9.32. The summed E-state index contributed by atoms with van der Waals surface area (Å²) in [6, 6.07) is 16.4. The van der Waals surface area contributed by atoms with Gasteiger partial charge in [0.15, 0.2) is 0 Å². The number of carbonyl (C=O) groups is 1. The number of hydrogen-bond acceptors (Lipinski definition) is 5. The number of fused-ring (bicyclic) bond motifs is 1. The summed E-state index contributed by atoms with van der Waals surface area (Å²) in [5.74, 6) is 0.823. The summed E-state index contributed by atoms with van der Waals surface area (Å²) >= 11 is 0. The van der Waals surface area contributed by atoms with Gasteiger partial charge in [0.2, 0.25) is 0 Å². The van der Waals surface area contributed by atoms with Crippen molar-refractivity contribution in [3.63, 3.8) is 0 Å². The SMILES string of the molecule is CC(C)(C)OC(=O)NCc1ccc2c(c1)N(Cc1ccccc1C(C)(C)C#N)CCO2. The Hall–Kier alpha value is -3.20. The van der Waals surface area contributed by atoms with Crippen LogP contribution in [0.2, 0.25) is 0 Å². The first kappa shape index (κ1) is 22.5. The monoisotopic (exact) mass is 421 g/mol. The molecular weight excluding hydrogens is 390 g/mol. The van der Waals surface area contributed by atoms with E-state index in [1.807, 2.05) is 71.0 Å². The van der Waals surface area contributed by atoms with Gasteiger partial charge in [-0.2, -0.15) is 5.26 Å². The number of nitrogens with zero attached hydrogens (tertiary/aromatic N) is 2. The van der Waals surface area contributed by atoms with Crippen molar-refractivity contribution in [2.24, 2.45) is 0 Å². The highest BCUT2D eigenvalue weighted by Crippen LogP contribution is 2.35. The molecule has 0 aliphatic carbocycles. The van der Waals surface area contributed by atoms with E-state index in [1.54, 1.807) is 0 Å². The summed E-state index contributed by atoms with van der Waals surface area (Å²) in [5, 5.41) is 12.4. The number of carbonyl (C=O) groups excluding carboxylic acids is 1. The second-order valence-electron chi connectivity index (χ2n) is 9.32. The van der Waals surface area contributed by atoms with E-state index in [0.717, 1.165) is 34.7 Å². The Kier molecular flexibility index (Phi) is 6.45. The Bertz CT molecular complexity index is 986. The lowest BCUT2D eigenvalue weighted by Gasteiger charge is -2.33. The van der Waals surface area contributed by atoms with Crippen LogP contribution in [0.5, 0.6) is 5.75 Å². The van der Waals surface area contributed by atoms with Gasteiger partial charge in [-0.1, -0.05) is 30.3 Å². The quantitative estimate of drug-likeness (QED) is 0.742. The third-order valence-electron chi connectivity index (χ3n) is 5.15. The first-order chi connectivity index (χ1) is 14.6. The van der Waals surface area contributed by atoms with Gasteiger partial charge in [-0.15, -0.1) is 0 Å². The Balaban J connectivity index is 1.80. The third kappa shape index (κ3) is 5.69. The van der Waals surface area contributed by atoms with Crippen molar-refractivity contribution in [1.82, 2.24) is 5.32 Å².